The van der Waals surface area contributed by atoms with Crippen LogP contribution < -0.4 is 16.4 Å². The number of amides is 1. The third-order valence-electron chi connectivity index (χ3n) is 2.74. The summed E-state index contributed by atoms with van der Waals surface area (Å²) in [6.45, 7) is 2.56. The Labute approximate surface area is 115 Å². The molecule has 0 fully saturated rings. The second-order valence-electron chi connectivity index (χ2n) is 4.35. The van der Waals surface area contributed by atoms with Crippen molar-refractivity contribution in [2.24, 2.45) is 0 Å². The molecule has 0 aliphatic heterocycles. The lowest BCUT2D eigenvalue weighted by atomic mass is 10.2. The van der Waals surface area contributed by atoms with E-state index in [0.29, 0.717) is 12.2 Å². The number of carbonyl (C=O) groups is 1. The highest BCUT2D eigenvalue weighted by Gasteiger charge is 2.07. The second kappa shape index (κ2) is 6.01. The molecule has 2 aromatic heterocycles. The number of aromatic amines is 1. The molecule has 2 aromatic rings. The highest BCUT2D eigenvalue weighted by molar-refractivity contribution is 6.04. The number of nitrogens with zero attached hydrogens (tertiary/aromatic N) is 1. The van der Waals surface area contributed by atoms with Gasteiger partial charge in [0.25, 0.3) is 11.5 Å². The Kier molecular flexibility index (Phi) is 4.14. The molecule has 0 bridgehead atoms. The third-order valence-corrected chi connectivity index (χ3v) is 2.74. The average molecular weight is 273 g/mol. The molecule has 0 aliphatic rings. The van der Waals surface area contributed by atoms with Crippen LogP contribution >= 0.6 is 0 Å². The quantitative estimate of drug-likeness (QED) is 0.877. The van der Waals surface area contributed by atoms with Crippen LogP contribution in [0.1, 0.15) is 23.7 Å². The number of hydrogen-bond acceptors (Lipinski definition) is 3. The molecule has 0 aliphatic carbocycles. The Bertz CT molecular complexity index is 731. The number of aryl methyl sites for hydroxylation is 1. The van der Waals surface area contributed by atoms with Gasteiger partial charge in [0.15, 0.2) is 0 Å². The van der Waals surface area contributed by atoms with Crippen LogP contribution in [0.5, 0.6) is 0 Å². The highest BCUT2D eigenvalue weighted by atomic mass is 16.2. The van der Waals surface area contributed by atoms with E-state index in [1.165, 1.54) is 29.0 Å². The second-order valence-corrected chi connectivity index (χ2v) is 4.35. The number of nitrogens with one attached hydrogen (secondary N) is 2. The van der Waals surface area contributed by atoms with Gasteiger partial charge in [-0.05, 0) is 18.6 Å². The Hall–Kier alpha value is -2.63. The number of hydrogen-bond donors (Lipinski definition) is 2. The van der Waals surface area contributed by atoms with E-state index in [0.717, 1.165) is 6.42 Å². The van der Waals surface area contributed by atoms with Crippen molar-refractivity contribution in [3.8, 4) is 0 Å². The summed E-state index contributed by atoms with van der Waals surface area (Å²) in [6, 6.07) is 5.68. The molecule has 20 heavy (non-hydrogen) atoms. The molecule has 0 saturated carbocycles. The van der Waals surface area contributed by atoms with Crippen LogP contribution in [-0.2, 0) is 6.54 Å². The summed E-state index contributed by atoms with van der Waals surface area (Å²) in [5.74, 6) is -0.391. The van der Waals surface area contributed by atoms with Gasteiger partial charge in [0.05, 0.1) is 5.69 Å². The highest BCUT2D eigenvalue weighted by Crippen LogP contribution is 2.06. The van der Waals surface area contributed by atoms with Crippen molar-refractivity contribution in [1.82, 2.24) is 9.55 Å². The topological polar surface area (TPSA) is 84.0 Å². The van der Waals surface area contributed by atoms with Gasteiger partial charge in [-0.15, -0.1) is 0 Å². The summed E-state index contributed by atoms with van der Waals surface area (Å²) < 4.78 is 1.54. The molecule has 0 radical (unpaired) electrons. The predicted octanol–water partition coefficient (Wildman–Crippen LogP) is 1.20. The van der Waals surface area contributed by atoms with E-state index in [9.17, 15) is 14.4 Å². The van der Waals surface area contributed by atoms with Gasteiger partial charge in [0.1, 0.15) is 0 Å². The maximum Gasteiger partial charge on any atom is 0.255 e. The van der Waals surface area contributed by atoms with Gasteiger partial charge in [-0.2, -0.15) is 0 Å². The van der Waals surface area contributed by atoms with E-state index in [1.807, 2.05) is 6.92 Å². The van der Waals surface area contributed by atoms with Crippen LogP contribution in [0.2, 0.25) is 0 Å². The fraction of sp³-hybridized carbons (Fsp3) is 0.214. The van der Waals surface area contributed by atoms with Gasteiger partial charge in [-0.25, -0.2) is 0 Å². The molecular weight excluding hydrogens is 258 g/mol. The van der Waals surface area contributed by atoms with Gasteiger partial charge in [-0.3, -0.25) is 14.4 Å². The van der Waals surface area contributed by atoms with Crippen molar-refractivity contribution >= 4 is 11.6 Å². The first-order chi connectivity index (χ1) is 9.60. The summed E-state index contributed by atoms with van der Waals surface area (Å²) in [6.07, 6.45) is 3.83. The lowest BCUT2D eigenvalue weighted by Crippen LogP contribution is -2.21. The number of pyridine rings is 2. The first-order valence-corrected chi connectivity index (χ1v) is 6.30. The van der Waals surface area contributed by atoms with E-state index >= 15 is 0 Å². The lowest BCUT2D eigenvalue weighted by Gasteiger charge is -2.08. The molecule has 2 rings (SSSR count). The van der Waals surface area contributed by atoms with Crippen molar-refractivity contribution in [3.05, 3.63) is 62.9 Å². The minimum atomic E-state index is -0.391. The summed E-state index contributed by atoms with van der Waals surface area (Å²) in [4.78, 5) is 37.1. The molecule has 1 amide bonds. The normalized spacial score (nSPS) is 10.2. The fourth-order valence-electron chi connectivity index (χ4n) is 1.81. The SMILES string of the molecule is CCCn1cc(NC(=O)c2cc[nH]c(=O)c2)ccc1=O. The predicted molar refractivity (Wildman–Crippen MR) is 76.0 cm³/mol. The number of rotatable bonds is 4. The first kappa shape index (κ1) is 13.8. The van der Waals surface area contributed by atoms with Crippen molar-refractivity contribution in [2.75, 3.05) is 5.32 Å². The van der Waals surface area contributed by atoms with Crippen molar-refractivity contribution in [2.45, 2.75) is 19.9 Å². The maximum absolute atomic E-state index is 12.0. The van der Waals surface area contributed by atoms with E-state index < -0.39 is 5.91 Å². The first-order valence-electron chi connectivity index (χ1n) is 6.30. The van der Waals surface area contributed by atoms with Gasteiger partial charge in [0, 0.05) is 36.6 Å². The third kappa shape index (κ3) is 3.23. The van der Waals surface area contributed by atoms with Crippen LogP contribution in [0.4, 0.5) is 5.69 Å². The molecule has 0 saturated heterocycles. The molecule has 6 heteroatoms. The van der Waals surface area contributed by atoms with Crippen LogP contribution in [0.25, 0.3) is 0 Å². The number of anilines is 1. The maximum atomic E-state index is 12.0. The van der Waals surface area contributed by atoms with E-state index in [4.69, 9.17) is 0 Å². The molecule has 0 unspecified atom stereocenters. The smallest absolute Gasteiger partial charge is 0.255 e. The minimum Gasteiger partial charge on any atom is -0.329 e. The molecule has 104 valence electrons. The van der Waals surface area contributed by atoms with Gasteiger partial charge in [0.2, 0.25) is 5.56 Å². The van der Waals surface area contributed by atoms with E-state index in [-0.39, 0.29) is 16.7 Å². The summed E-state index contributed by atoms with van der Waals surface area (Å²) in [7, 11) is 0. The fourth-order valence-corrected chi connectivity index (χ4v) is 1.81. The zero-order chi connectivity index (χ0) is 14.5. The average Bonchev–Trinajstić information content (AvgIpc) is 2.43. The standard InChI is InChI=1S/C14H15N3O3/c1-2-7-17-9-11(3-4-13(17)19)16-14(20)10-5-6-15-12(18)8-10/h3-6,8-9H,2,7H2,1H3,(H,15,18)(H,16,20). The van der Waals surface area contributed by atoms with Crippen LogP contribution in [0.15, 0.2) is 46.2 Å². The zero-order valence-corrected chi connectivity index (χ0v) is 11.1. The molecule has 2 N–H and O–H groups in total. The van der Waals surface area contributed by atoms with E-state index in [2.05, 4.69) is 10.3 Å². The molecule has 0 aromatic carbocycles. The van der Waals surface area contributed by atoms with Gasteiger partial charge in [-0.1, -0.05) is 6.92 Å². The number of aromatic nitrogens is 2. The molecule has 0 spiro atoms. The Morgan fingerprint density at radius 1 is 1.30 bits per heavy atom. The lowest BCUT2D eigenvalue weighted by molar-refractivity contribution is 0.102. The van der Waals surface area contributed by atoms with Crippen LogP contribution in [-0.4, -0.2) is 15.5 Å². The van der Waals surface area contributed by atoms with Crippen molar-refractivity contribution < 1.29 is 4.79 Å². The minimum absolute atomic E-state index is 0.110. The Balaban J connectivity index is 2.22. The Morgan fingerprint density at radius 3 is 2.80 bits per heavy atom. The summed E-state index contributed by atoms with van der Waals surface area (Å²) >= 11 is 0. The summed E-state index contributed by atoms with van der Waals surface area (Å²) in [5.41, 5.74) is 0.333. The van der Waals surface area contributed by atoms with Gasteiger partial charge >= 0.3 is 0 Å². The number of H-pyrrole nitrogens is 1. The molecular formula is C14H15N3O3. The van der Waals surface area contributed by atoms with Crippen LogP contribution in [0, 0.1) is 0 Å². The largest absolute Gasteiger partial charge is 0.329 e. The number of carbonyl (C=O) groups excluding carboxylic acids is 1. The molecule has 0 atom stereocenters. The molecule has 6 nitrogen and oxygen atoms in total. The van der Waals surface area contributed by atoms with E-state index in [1.54, 1.807) is 12.3 Å². The zero-order valence-electron chi connectivity index (χ0n) is 11.1. The van der Waals surface area contributed by atoms with Crippen molar-refractivity contribution in [1.29, 1.82) is 0 Å². The summed E-state index contributed by atoms with van der Waals surface area (Å²) in [5, 5.41) is 2.66. The van der Waals surface area contributed by atoms with Gasteiger partial charge < -0.3 is 14.9 Å². The van der Waals surface area contributed by atoms with Crippen LogP contribution in [0.3, 0.4) is 0 Å². The van der Waals surface area contributed by atoms with Crippen molar-refractivity contribution in [3.63, 3.8) is 0 Å². The monoisotopic (exact) mass is 273 g/mol. The molecule has 2 heterocycles. The Morgan fingerprint density at radius 2 is 2.10 bits per heavy atom.